The van der Waals surface area contributed by atoms with Gasteiger partial charge in [0.1, 0.15) is 0 Å². The van der Waals surface area contributed by atoms with Crippen molar-refractivity contribution < 1.29 is 9.84 Å². The molecule has 0 amide bonds. The van der Waals surface area contributed by atoms with Crippen LogP contribution in [0.2, 0.25) is 0 Å². The Morgan fingerprint density at radius 1 is 1.32 bits per heavy atom. The summed E-state index contributed by atoms with van der Waals surface area (Å²) in [7, 11) is 1.75. The summed E-state index contributed by atoms with van der Waals surface area (Å²) >= 11 is 0. The van der Waals surface area contributed by atoms with Crippen LogP contribution in [-0.4, -0.2) is 22.8 Å². The number of pyridine rings is 1. The van der Waals surface area contributed by atoms with Crippen LogP contribution in [0.1, 0.15) is 37.4 Å². The Kier molecular flexibility index (Phi) is 3.25. The zero-order valence-electron chi connectivity index (χ0n) is 11.2. The van der Waals surface area contributed by atoms with Crippen LogP contribution in [0.3, 0.4) is 0 Å². The highest BCUT2D eigenvalue weighted by Gasteiger charge is 2.39. The summed E-state index contributed by atoms with van der Waals surface area (Å²) in [5, 5.41) is 11.6. The van der Waals surface area contributed by atoms with Gasteiger partial charge >= 0.3 is 0 Å². The zero-order chi connectivity index (χ0) is 13.3. The average Bonchev–Trinajstić information content (AvgIpc) is 2.42. The lowest BCUT2D eigenvalue weighted by atomic mass is 9.75. The fourth-order valence-corrected chi connectivity index (χ4v) is 2.94. The van der Waals surface area contributed by atoms with E-state index in [9.17, 15) is 5.11 Å². The number of aliphatic hydroxyl groups excluding tert-OH is 1. The Morgan fingerprint density at radius 3 is 2.84 bits per heavy atom. The summed E-state index contributed by atoms with van der Waals surface area (Å²) in [4.78, 5) is 4.33. The number of methoxy groups -OCH3 is 1. The smallest absolute Gasteiger partial charge is 0.0824 e. The van der Waals surface area contributed by atoms with Gasteiger partial charge in [-0.1, -0.05) is 18.2 Å². The monoisotopic (exact) mass is 257 g/mol. The molecule has 2 aromatic rings. The highest BCUT2D eigenvalue weighted by molar-refractivity contribution is 5.82. The van der Waals surface area contributed by atoms with Crippen molar-refractivity contribution in [3.63, 3.8) is 0 Å². The first-order valence-corrected chi connectivity index (χ1v) is 6.81. The van der Waals surface area contributed by atoms with Crippen molar-refractivity contribution in [1.29, 1.82) is 0 Å². The third-order valence-corrected chi connectivity index (χ3v) is 4.30. The van der Waals surface area contributed by atoms with E-state index in [-0.39, 0.29) is 5.60 Å². The second-order valence-electron chi connectivity index (χ2n) is 5.38. The van der Waals surface area contributed by atoms with Crippen LogP contribution in [0.15, 0.2) is 36.5 Å². The molecule has 0 saturated heterocycles. The minimum absolute atomic E-state index is 0.121. The van der Waals surface area contributed by atoms with Crippen LogP contribution >= 0.6 is 0 Å². The Hall–Kier alpha value is -1.45. The number of benzene rings is 1. The molecule has 0 radical (unpaired) electrons. The van der Waals surface area contributed by atoms with Gasteiger partial charge in [-0.3, -0.25) is 4.98 Å². The van der Waals surface area contributed by atoms with Crippen LogP contribution < -0.4 is 0 Å². The largest absolute Gasteiger partial charge is 0.388 e. The minimum atomic E-state index is -0.492. The second-order valence-corrected chi connectivity index (χ2v) is 5.38. The number of nitrogens with zero attached hydrogens (tertiary/aromatic N) is 1. The van der Waals surface area contributed by atoms with Crippen LogP contribution in [0.25, 0.3) is 10.9 Å². The Balaban J connectivity index is 1.91. The number of ether oxygens (including phenoxy) is 1. The van der Waals surface area contributed by atoms with Gasteiger partial charge < -0.3 is 9.84 Å². The van der Waals surface area contributed by atoms with Crippen molar-refractivity contribution in [3.05, 3.63) is 42.1 Å². The third-order valence-electron chi connectivity index (χ3n) is 4.30. The van der Waals surface area contributed by atoms with Crippen molar-refractivity contribution in [2.45, 2.75) is 37.4 Å². The van der Waals surface area contributed by atoms with Gasteiger partial charge in [0, 0.05) is 25.1 Å². The molecule has 3 nitrogen and oxygen atoms in total. The van der Waals surface area contributed by atoms with Crippen LogP contribution in [0.4, 0.5) is 0 Å². The maximum absolute atomic E-state index is 10.5. The van der Waals surface area contributed by atoms with Gasteiger partial charge in [0.2, 0.25) is 0 Å². The first kappa shape index (κ1) is 12.6. The standard InChI is InChI=1S/C16H19NO2/c1-19-16(8-4-9-16)11-15(18)13-5-2-7-14-12(13)6-3-10-17-14/h2-3,5-7,10,15,18H,4,8-9,11H2,1H3. The second kappa shape index (κ2) is 4.91. The molecule has 1 heterocycles. The molecule has 3 heteroatoms. The van der Waals surface area contributed by atoms with Crippen molar-refractivity contribution in [1.82, 2.24) is 4.98 Å². The average molecular weight is 257 g/mol. The lowest BCUT2D eigenvalue weighted by molar-refractivity contribution is -0.0997. The quantitative estimate of drug-likeness (QED) is 0.914. The van der Waals surface area contributed by atoms with E-state index in [4.69, 9.17) is 4.74 Å². The minimum Gasteiger partial charge on any atom is -0.388 e. The summed E-state index contributed by atoms with van der Waals surface area (Å²) in [5.41, 5.74) is 1.76. The van der Waals surface area contributed by atoms with E-state index in [1.165, 1.54) is 6.42 Å². The predicted octanol–water partition coefficient (Wildman–Crippen LogP) is 3.23. The topological polar surface area (TPSA) is 42.4 Å². The number of hydrogen-bond acceptors (Lipinski definition) is 3. The lowest BCUT2D eigenvalue weighted by Gasteiger charge is -2.42. The van der Waals surface area contributed by atoms with Crippen molar-refractivity contribution in [2.24, 2.45) is 0 Å². The zero-order valence-corrected chi connectivity index (χ0v) is 11.2. The molecule has 1 unspecified atom stereocenters. The molecule has 19 heavy (non-hydrogen) atoms. The number of aliphatic hydroxyl groups is 1. The Bertz CT molecular complexity index is 567. The molecule has 3 rings (SSSR count). The number of hydrogen-bond donors (Lipinski definition) is 1. The van der Waals surface area contributed by atoms with E-state index in [1.54, 1.807) is 13.3 Å². The molecule has 0 spiro atoms. The summed E-state index contributed by atoms with van der Waals surface area (Å²) in [6.07, 6.45) is 5.23. The first-order chi connectivity index (χ1) is 9.24. The van der Waals surface area contributed by atoms with E-state index in [2.05, 4.69) is 4.98 Å². The van der Waals surface area contributed by atoms with Crippen LogP contribution in [0, 0.1) is 0 Å². The van der Waals surface area contributed by atoms with Crippen molar-refractivity contribution >= 4 is 10.9 Å². The first-order valence-electron chi connectivity index (χ1n) is 6.81. The summed E-state index contributed by atoms with van der Waals surface area (Å²) in [6.45, 7) is 0. The molecule has 100 valence electrons. The molecule has 1 atom stereocenters. The molecule has 1 aliphatic carbocycles. The highest BCUT2D eigenvalue weighted by atomic mass is 16.5. The van der Waals surface area contributed by atoms with Crippen molar-refractivity contribution in [2.75, 3.05) is 7.11 Å². The van der Waals surface area contributed by atoms with Gasteiger partial charge in [-0.2, -0.15) is 0 Å². The van der Waals surface area contributed by atoms with E-state index < -0.39 is 6.10 Å². The maximum Gasteiger partial charge on any atom is 0.0824 e. The van der Waals surface area contributed by atoms with Crippen LogP contribution in [0.5, 0.6) is 0 Å². The summed E-state index contributed by atoms with van der Waals surface area (Å²) in [5.74, 6) is 0. The normalized spacial score (nSPS) is 19.1. The molecule has 1 fully saturated rings. The number of fused-ring (bicyclic) bond motifs is 1. The molecular formula is C16H19NO2. The van der Waals surface area contributed by atoms with E-state index >= 15 is 0 Å². The fraction of sp³-hybridized carbons (Fsp3) is 0.438. The Morgan fingerprint density at radius 2 is 2.16 bits per heavy atom. The lowest BCUT2D eigenvalue weighted by Crippen LogP contribution is -2.40. The number of aromatic nitrogens is 1. The van der Waals surface area contributed by atoms with E-state index in [0.29, 0.717) is 6.42 Å². The van der Waals surface area contributed by atoms with Gasteiger partial charge in [-0.15, -0.1) is 0 Å². The third kappa shape index (κ3) is 2.24. The van der Waals surface area contributed by atoms with Gasteiger partial charge in [-0.05, 0) is 37.0 Å². The molecule has 1 aromatic carbocycles. The molecular weight excluding hydrogens is 238 g/mol. The molecule has 0 bridgehead atoms. The fourth-order valence-electron chi connectivity index (χ4n) is 2.94. The van der Waals surface area contributed by atoms with E-state index in [1.807, 2.05) is 30.3 Å². The molecule has 1 aromatic heterocycles. The summed E-state index contributed by atoms with van der Waals surface area (Å²) < 4.78 is 5.60. The molecule has 1 saturated carbocycles. The predicted molar refractivity (Wildman–Crippen MR) is 74.9 cm³/mol. The van der Waals surface area contributed by atoms with Gasteiger partial charge in [-0.25, -0.2) is 0 Å². The molecule has 0 aliphatic heterocycles. The maximum atomic E-state index is 10.5. The molecule has 1 aliphatic rings. The van der Waals surface area contributed by atoms with Gasteiger partial charge in [0.05, 0.1) is 17.2 Å². The number of rotatable bonds is 4. The van der Waals surface area contributed by atoms with E-state index in [0.717, 1.165) is 29.3 Å². The van der Waals surface area contributed by atoms with Gasteiger partial charge in [0.25, 0.3) is 0 Å². The molecule has 1 N–H and O–H groups in total. The highest BCUT2D eigenvalue weighted by Crippen LogP contribution is 2.42. The van der Waals surface area contributed by atoms with Crippen molar-refractivity contribution in [3.8, 4) is 0 Å². The Labute approximate surface area is 113 Å². The van der Waals surface area contributed by atoms with Gasteiger partial charge in [0.15, 0.2) is 0 Å². The SMILES string of the molecule is COC1(CC(O)c2cccc3ncccc23)CCC1. The summed E-state index contributed by atoms with van der Waals surface area (Å²) in [6, 6.07) is 9.83. The van der Waals surface area contributed by atoms with Crippen LogP contribution in [-0.2, 0) is 4.74 Å².